The number of likely N-dealkylation sites (tertiary alicyclic amines) is 1. The highest BCUT2D eigenvalue weighted by Gasteiger charge is 2.35. The van der Waals surface area contributed by atoms with E-state index in [1.54, 1.807) is 4.90 Å². The topological polar surface area (TPSA) is 85.8 Å². The van der Waals surface area contributed by atoms with Crippen LogP contribution in [0.25, 0.3) is 16.8 Å². The average molecular weight is 443 g/mol. The van der Waals surface area contributed by atoms with E-state index in [2.05, 4.69) is 23.1 Å². The van der Waals surface area contributed by atoms with Crippen molar-refractivity contribution in [3.8, 4) is 6.07 Å². The molecule has 2 aromatic carbocycles. The Morgan fingerprint density at radius 2 is 1.88 bits per heavy atom. The normalized spacial score (nSPS) is 21.8. The van der Waals surface area contributed by atoms with Crippen molar-refractivity contribution in [1.82, 2.24) is 9.88 Å². The molecule has 0 radical (unpaired) electrons. The molecule has 3 aromatic rings. The van der Waals surface area contributed by atoms with Gasteiger partial charge in [0.1, 0.15) is 17.2 Å². The Balaban J connectivity index is 1.24. The van der Waals surface area contributed by atoms with Crippen LogP contribution in [-0.2, 0) is 4.74 Å². The Hall–Kier alpha value is -3.34. The van der Waals surface area contributed by atoms with Crippen LogP contribution in [0.15, 0.2) is 52.5 Å². The monoisotopic (exact) mass is 442 g/mol. The van der Waals surface area contributed by atoms with Crippen molar-refractivity contribution < 1.29 is 14.3 Å². The second-order valence-corrected chi connectivity index (χ2v) is 9.15. The third kappa shape index (κ3) is 3.29. The van der Waals surface area contributed by atoms with Crippen molar-refractivity contribution in [3.63, 3.8) is 0 Å². The van der Waals surface area contributed by atoms with Crippen molar-refractivity contribution in [1.29, 1.82) is 5.26 Å². The van der Waals surface area contributed by atoms with Crippen LogP contribution in [0.4, 0.5) is 5.69 Å². The van der Waals surface area contributed by atoms with Gasteiger partial charge < -0.3 is 24.1 Å². The fourth-order valence-electron chi connectivity index (χ4n) is 5.19. The van der Waals surface area contributed by atoms with Gasteiger partial charge in [-0.25, -0.2) is 4.98 Å². The molecule has 1 atom stereocenters. The van der Waals surface area contributed by atoms with Crippen molar-refractivity contribution in [2.24, 2.45) is 0 Å². The Labute approximate surface area is 192 Å². The second-order valence-electron chi connectivity index (χ2n) is 9.15. The predicted octanol–water partition coefficient (Wildman–Crippen LogP) is 3.82. The van der Waals surface area contributed by atoms with Crippen LogP contribution < -0.4 is 4.90 Å². The molecular weight excluding hydrogens is 416 g/mol. The molecule has 1 aromatic heterocycles. The molecule has 4 heterocycles. The number of fused-ring (bicyclic) bond motifs is 2. The third-order valence-corrected chi connectivity index (χ3v) is 7.24. The number of hydrogen-bond acceptors (Lipinski definition) is 7. The van der Waals surface area contributed by atoms with Gasteiger partial charge in [-0.2, -0.15) is 5.26 Å². The van der Waals surface area contributed by atoms with E-state index in [0.717, 1.165) is 73.1 Å². The number of benzene rings is 2. The molecule has 3 aliphatic rings. The number of piperidine rings is 1. The number of hydrogen-bond donors (Lipinski definition) is 1. The fraction of sp³-hybridized carbons (Fsp3) is 0.385. The van der Waals surface area contributed by atoms with E-state index in [0.29, 0.717) is 11.5 Å². The zero-order chi connectivity index (χ0) is 22.5. The van der Waals surface area contributed by atoms with E-state index >= 15 is 0 Å². The van der Waals surface area contributed by atoms with Crippen LogP contribution in [0.5, 0.6) is 0 Å². The molecule has 7 heteroatoms. The van der Waals surface area contributed by atoms with Crippen molar-refractivity contribution in [2.75, 3.05) is 38.3 Å². The number of oxazole rings is 1. The first-order valence-corrected chi connectivity index (χ1v) is 11.5. The SMILES string of the molecule is CN1c2ccccc2C(N2CCC(c3nc4cc(C5COC5)ccc4o3)CC2)=C(C#N)C1O. The molecule has 2 saturated heterocycles. The molecule has 7 nitrogen and oxygen atoms in total. The lowest BCUT2D eigenvalue weighted by Crippen LogP contribution is -2.41. The van der Waals surface area contributed by atoms with Crippen molar-refractivity contribution in [3.05, 3.63) is 65.1 Å². The minimum absolute atomic E-state index is 0.238. The lowest BCUT2D eigenvalue weighted by atomic mass is 9.92. The van der Waals surface area contributed by atoms with Crippen molar-refractivity contribution in [2.45, 2.75) is 30.9 Å². The number of ether oxygens (including phenoxy) is 1. The summed E-state index contributed by atoms with van der Waals surface area (Å²) in [5, 5.41) is 20.6. The van der Waals surface area contributed by atoms with Gasteiger partial charge in [-0.05, 0) is 36.6 Å². The molecule has 0 bridgehead atoms. The molecule has 0 spiro atoms. The first-order valence-electron chi connectivity index (χ1n) is 11.5. The molecule has 0 aliphatic carbocycles. The summed E-state index contributed by atoms with van der Waals surface area (Å²) in [6, 6.07) is 16.5. The maximum absolute atomic E-state index is 10.8. The lowest BCUT2D eigenvalue weighted by Gasteiger charge is -2.40. The van der Waals surface area contributed by atoms with Crippen LogP contribution >= 0.6 is 0 Å². The predicted molar refractivity (Wildman–Crippen MR) is 125 cm³/mol. The van der Waals surface area contributed by atoms with Crippen LogP contribution in [0.1, 0.15) is 41.7 Å². The first-order chi connectivity index (χ1) is 16.1. The summed E-state index contributed by atoms with van der Waals surface area (Å²) in [7, 11) is 1.82. The number of rotatable bonds is 3. The number of aliphatic hydroxyl groups is 1. The van der Waals surface area contributed by atoms with E-state index in [1.807, 2.05) is 37.4 Å². The highest BCUT2D eigenvalue weighted by atomic mass is 16.5. The third-order valence-electron chi connectivity index (χ3n) is 7.24. The Kier molecular flexibility index (Phi) is 4.86. The maximum Gasteiger partial charge on any atom is 0.198 e. The minimum Gasteiger partial charge on any atom is -0.440 e. The molecule has 6 rings (SSSR count). The largest absolute Gasteiger partial charge is 0.440 e. The minimum atomic E-state index is -0.940. The molecule has 1 N–H and O–H groups in total. The van der Waals surface area contributed by atoms with Crippen molar-refractivity contribution >= 4 is 22.5 Å². The Morgan fingerprint density at radius 1 is 1.09 bits per heavy atom. The number of likely N-dealkylation sites (N-methyl/N-ethyl adjacent to an activating group) is 1. The fourth-order valence-corrected chi connectivity index (χ4v) is 5.19. The summed E-state index contributed by atoms with van der Waals surface area (Å²) in [4.78, 5) is 8.82. The summed E-state index contributed by atoms with van der Waals surface area (Å²) in [6.45, 7) is 3.12. The smallest absolute Gasteiger partial charge is 0.198 e. The van der Waals surface area contributed by atoms with Gasteiger partial charge in [0, 0.05) is 43.2 Å². The zero-order valence-electron chi connectivity index (χ0n) is 18.6. The van der Waals surface area contributed by atoms with E-state index in [1.165, 1.54) is 5.56 Å². The van der Waals surface area contributed by atoms with Crippen LogP contribution in [-0.4, -0.2) is 54.6 Å². The Bertz CT molecular complexity index is 1280. The van der Waals surface area contributed by atoms with E-state index in [4.69, 9.17) is 14.1 Å². The van der Waals surface area contributed by atoms with Gasteiger partial charge in [0.2, 0.25) is 0 Å². The number of nitrogens with zero attached hydrogens (tertiary/aromatic N) is 4. The summed E-state index contributed by atoms with van der Waals surface area (Å²) in [5.74, 6) is 1.50. The Morgan fingerprint density at radius 3 is 2.61 bits per heavy atom. The quantitative estimate of drug-likeness (QED) is 0.660. The van der Waals surface area contributed by atoms with Crippen LogP contribution in [0.2, 0.25) is 0 Å². The van der Waals surface area contributed by atoms with E-state index < -0.39 is 6.23 Å². The van der Waals surface area contributed by atoms with Gasteiger partial charge in [0.15, 0.2) is 17.7 Å². The summed E-state index contributed by atoms with van der Waals surface area (Å²) in [6.07, 6.45) is 0.823. The molecule has 0 saturated carbocycles. The number of aromatic nitrogens is 1. The van der Waals surface area contributed by atoms with Gasteiger partial charge >= 0.3 is 0 Å². The van der Waals surface area contributed by atoms with Gasteiger partial charge in [0.05, 0.1) is 18.9 Å². The van der Waals surface area contributed by atoms with Gasteiger partial charge in [-0.3, -0.25) is 0 Å². The molecule has 168 valence electrons. The first kappa shape index (κ1) is 20.3. The number of nitriles is 1. The second kappa shape index (κ2) is 7.91. The molecule has 0 amide bonds. The molecule has 3 aliphatic heterocycles. The van der Waals surface area contributed by atoms with E-state index in [9.17, 15) is 10.4 Å². The molecule has 1 unspecified atom stereocenters. The number of para-hydroxylation sites is 1. The van der Waals surface area contributed by atoms with Gasteiger partial charge in [-0.15, -0.1) is 0 Å². The number of anilines is 1. The average Bonchev–Trinajstić information content (AvgIpc) is 3.24. The lowest BCUT2D eigenvalue weighted by molar-refractivity contribution is 0.00847. The highest BCUT2D eigenvalue weighted by Crippen LogP contribution is 2.41. The van der Waals surface area contributed by atoms with Crippen LogP contribution in [0.3, 0.4) is 0 Å². The van der Waals surface area contributed by atoms with E-state index in [-0.39, 0.29) is 5.92 Å². The van der Waals surface area contributed by atoms with Crippen LogP contribution in [0, 0.1) is 11.3 Å². The summed E-state index contributed by atoms with van der Waals surface area (Å²) < 4.78 is 11.5. The molecular formula is C26H26N4O3. The summed E-state index contributed by atoms with van der Waals surface area (Å²) >= 11 is 0. The summed E-state index contributed by atoms with van der Waals surface area (Å²) in [5.41, 5.74) is 6.20. The maximum atomic E-state index is 10.8. The standard InChI is InChI=1S/C26H26N4O3/c1-29-22-5-3-2-4-19(22)24(20(13-27)26(29)31)30-10-8-16(9-11-30)25-28-21-12-17(18-14-32-15-18)6-7-23(21)33-25/h2-7,12,16,18,26,31H,8-11,14-15H2,1H3. The molecule has 33 heavy (non-hydrogen) atoms. The zero-order valence-corrected chi connectivity index (χ0v) is 18.6. The number of aliphatic hydroxyl groups excluding tert-OH is 1. The van der Waals surface area contributed by atoms with Gasteiger partial charge in [-0.1, -0.05) is 24.3 Å². The highest BCUT2D eigenvalue weighted by molar-refractivity contribution is 5.84. The molecule has 2 fully saturated rings. The van der Waals surface area contributed by atoms with Gasteiger partial charge in [0.25, 0.3) is 0 Å².